The predicted octanol–water partition coefficient (Wildman–Crippen LogP) is 5.06. The average molecular weight is 500 g/mol. The van der Waals surface area contributed by atoms with Gasteiger partial charge in [-0.25, -0.2) is 0 Å². The van der Waals surface area contributed by atoms with Gasteiger partial charge >= 0.3 is 5.69 Å². The van der Waals surface area contributed by atoms with E-state index in [2.05, 4.69) is 22.9 Å². The lowest BCUT2D eigenvalue weighted by Crippen LogP contribution is -2.56. The van der Waals surface area contributed by atoms with E-state index in [-0.39, 0.29) is 22.5 Å². The number of rotatable bonds is 11. The van der Waals surface area contributed by atoms with Gasteiger partial charge in [-0.05, 0) is 30.8 Å². The standard InChI is InChI=1S/C18H25Cl3N4O4S/c1-3-4-5-6-7-8-15(26)23-16(18(19,20)21)24-17(30)22-12-9-10-14(29-2)13(11-12)25(27)28/h9-11,16H,3-8H2,1-2H3,(H,23,26)(H2,22,24,30)/t16-/m0/s1. The number of methoxy groups -OCH3 is 1. The van der Waals surface area contributed by atoms with E-state index in [9.17, 15) is 14.9 Å². The summed E-state index contributed by atoms with van der Waals surface area (Å²) in [4.78, 5) is 22.7. The maximum Gasteiger partial charge on any atom is 0.312 e. The Morgan fingerprint density at radius 2 is 1.90 bits per heavy atom. The van der Waals surface area contributed by atoms with Gasteiger partial charge in [-0.1, -0.05) is 67.4 Å². The van der Waals surface area contributed by atoms with Crippen LogP contribution in [0.25, 0.3) is 0 Å². The number of nitro groups is 1. The summed E-state index contributed by atoms with van der Waals surface area (Å²) >= 11 is 23.1. The number of hydrogen-bond acceptors (Lipinski definition) is 5. The van der Waals surface area contributed by atoms with Crippen molar-refractivity contribution in [3.63, 3.8) is 0 Å². The van der Waals surface area contributed by atoms with Crippen LogP contribution in [0.4, 0.5) is 11.4 Å². The molecule has 0 aliphatic heterocycles. The first-order valence-corrected chi connectivity index (χ1v) is 10.9. The van der Waals surface area contributed by atoms with E-state index >= 15 is 0 Å². The van der Waals surface area contributed by atoms with Crippen LogP contribution in [0.3, 0.4) is 0 Å². The van der Waals surface area contributed by atoms with Crippen LogP contribution in [0.2, 0.25) is 0 Å². The van der Waals surface area contributed by atoms with Crippen molar-refractivity contribution < 1.29 is 14.5 Å². The fourth-order valence-corrected chi connectivity index (χ4v) is 3.09. The summed E-state index contributed by atoms with van der Waals surface area (Å²) in [6.45, 7) is 2.12. The normalized spacial score (nSPS) is 12.0. The van der Waals surface area contributed by atoms with Crippen LogP contribution in [-0.2, 0) is 4.79 Å². The van der Waals surface area contributed by atoms with Crippen molar-refractivity contribution in [3.05, 3.63) is 28.3 Å². The van der Waals surface area contributed by atoms with Crippen LogP contribution in [0, 0.1) is 10.1 Å². The number of ether oxygens (including phenoxy) is 1. The van der Waals surface area contributed by atoms with Gasteiger partial charge in [0.2, 0.25) is 9.70 Å². The van der Waals surface area contributed by atoms with Crippen LogP contribution in [0.5, 0.6) is 5.75 Å². The summed E-state index contributed by atoms with van der Waals surface area (Å²) in [5, 5.41) is 19.2. The Hall–Kier alpha value is -1.55. The second-order valence-corrected chi connectivity index (χ2v) is 9.23. The molecule has 168 valence electrons. The monoisotopic (exact) mass is 498 g/mol. The average Bonchev–Trinajstić information content (AvgIpc) is 2.66. The smallest absolute Gasteiger partial charge is 0.312 e. The number of nitrogens with one attached hydrogen (secondary N) is 3. The van der Waals surface area contributed by atoms with E-state index in [1.54, 1.807) is 6.07 Å². The molecule has 0 spiro atoms. The number of alkyl halides is 3. The lowest BCUT2D eigenvalue weighted by Gasteiger charge is -2.27. The van der Waals surface area contributed by atoms with Gasteiger partial charge < -0.3 is 20.7 Å². The molecule has 0 radical (unpaired) electrons. The van der Waals surface area contributed by atoms with Crippen molar-refractivity contribution in [1.29, 1.82) is 0 Å². The molecule has 1 aromatic rings. The number of carbonyl (C=O) groups is 1. The second-order valence-electron chi connectivity index (χ2n) is 6.45. The van der Waals surface area contributed by atoms with Gasteiger partial charge in [-0.3, -0.25) is 14.9 Å². The van der Waals surface area contributed by atoms with Gasteiger partial charge in [-0.15, -0.1) is 0 Å². The molecular formula is C18H25Cl3N4O4S. The van der Waals surface area contributed by atoms with Gasteiger partial charge in [0.15, 0.2) is 10.9 Å². The highest BCUT2D eigenvalue weighted by Gasteiger charge is 2.34. The van der Waals surface area contributed by atoms with E-state index in [1.807, 2.05) is 0 Å². The number of amides is 1. The molecule has 0 saturated carbocycles. The fourth-order valence-electron chi connectivity index (χ4n) is 2.53. The minimum absolute atomic E-state index is 0.00837. The SMILES string of the molecule is CCCCCCCC(=O)N[C@@H](NC(=S)Nc1ccc(OC)c([N+](=O)[O-])c1)C(Cl)(Cl)Cl. The van der Waals surface area contributed by atoms with E-state index in [1.165, 1.54) is 19.2 Å². The number of unbranched alkanes of at least 4 members (excludes halogenated alkanes) is 4. The number of nitro benzene ring substituents is 1. The highest BCUT2D eigenvalue weighted by molar-refractivity contribution is 7.80. The molecule has 0 aliphatic rings. The Labute approximate surface area is 196 Å². The fraction of sp³-hybridized carbons (Fsp3) is 0.556. The minimum Gasteiger partial charge on any atom is -0.490 e. The molecule has 0 fully saturated rings. The van der Waals surface area contributed by atoms with Crippen molar-refractivity contribution in [3.8, 4) is 5.75 Å². The first kappa shape index (κ1) is 26.5. The summed E-state index contributed by atoms with van der Waals surface area (Å²) in [7, 11) is 1.33. The van der Waals surface area contributed by atoms with Crippen molar-refractivity contribution in [2.45, 2.75) is 55.4 Å². The molecular weight excluding hydrogens is 475 g/mol. The third-order valence-electron chi connectivity index (χ3n) is 4.05. The second kappa shape index (κ2) is 13.0. The van der Waals surface area contributed by atoms with Crippen molar-refractivity contribution in [1.82, 2.24) is 10.6 Å². The quantitative estimate of drug-likeness (QED) is 0.0975. The molecule has 0 aliphatic carbocycles. The van der Waals surface area contributed by atoms with Gasteiger partial charge in [0.1, 0.15) is 6.17 Å². The number of nitrogens with zero attached hydrogens (tertiary/aromatic N) is 1. The van der Waals surface area contributed by atoms with Gasteiger partial charge in [-0.2, -0.15) is 0 Å². The number of benzene rings is 1. The Bertz CT molecular complexity index is 747. The zero-order valence-corrected chi connectivity index (χ0v) is 19.8. The molecule has 0 aromatic heterocycles. The molecule has 30 heavy (non-hydrogen) atoms. The lowest BCUT2D eigenvalue weighted by molar-refractivity contribution is -0.385. The van der Waals surface area contributed by atoms with Crippen molar-refractivity contribution in [2.24, 2.45) is 0 Å². The van der Waals surface area contributed by atoms with Crippen LogP contribution in [0.1, 0.15) is 45.4 Å². The number of carbonyl (C=O) groups excluding carboxylic acids is 1. The highest BCUT2D eigenvalue weighted by atomic mass is 35.6. The summed E-state index contributed by atoms with van der Waals surface area (Å²) in [6, 6.07) is 4.22. The van der Waals surface area contributed by atoms with E-state index in [0.29, 0.717) is 12.1 Å². The Balaban J connectivity index is 2.70. The van der Waals surface area contributed by atoms with Crippen LogP contribution in [-0.4, -0.2) is 33.0 Å². The van der Waals surface area contributed by atoms with Crippen LogP contribution in [0.15, 0.2) is 18.2 Å². The molecule has 0 unspecified atom stereocenters. The Morgan fingerprint density at radius 1 is 1.23 bits per heavy atom. The molecule has 12 heteroatoms. The molecule has 1 rings (SSSR count). The predicted molar refractivity (Wildman–Crippen MR) is 125 cm³/mol. The van der Waals surface area contributed by atoms with Crippen molar-refractivity contribution >= 4 is 69.4 Å². The minimum atomic E-state index is -1.88. The molecule has 0 saturated heterocycles. The molecule has 0 heterocycles. The highest BCUT2D eigenvalue weighted by Crippen LogP contribution is 2.31. The number of thiocarbonyl (C=S) groups is 1. The third-order valence-corrected chi connectivity index (χ3v) is 4.92. The maximum atomic E-state index is 12.2. The van der Waals surface area contributed by atoms with E-state index < -0.39 is 14.9 Å². The Morgan fingerprint density at radius 3 is 2.47 bits per heavy atom. The number of halogens is 3. The summed E-state index contributed by atoms with van der Waals surface area (Å²) in [6.07, 6.45) is 4.20. The van der Waals surface area contributed by atoms with Crippen LogP contribution < -0.4 is 20.7 Å². The molecule has 0 bridgehead atoms. The zero-order chi connectivity index (χ0) is 22.7. The first-order valence-electron chi connectivity index (χ1n) is 9.34. The summed E-state index contributed by atoms with van der Waals surface area (Å²) in [5.74, 6) is -0.173. The Kier molecular flexibility index (Phi) is 11.5. The topological polar surface area (TPSA) is 106 Å². The van der Waals surface area contributed by atoms with E-state index in [4.69, 9.17) is 51.8 Å². The molecule has 1 amide bonds. The first-order chi connectivity index (χ1) is 14.1. The van der Waals surface area contributed by atoms with E-state index in [0.717, 1.165) is 32.1 Å². The largest absolute Gasteiger partial charge is 0.490 e. The summed E-state index contributed by atoms with van der Waals surface area (Å²) in [5.41, 5.74) is 0.0879. The van der Waals surface area contributed by atoms with Crippen LogP contribution >= 0.6 is 47.0 Å². The third kappa shape index (κ3) is 9.51. The lowest BCUT2D eigenvalue weighted by atomic mass is 10.1. The molecule has 8 nitrogen and oxygen atoms in total. The summed E-state index contributed by atoms with van der Waals surface area (Å²) < 4.78 is 3.08. The zero-order valence-electron chi connectivity index (χ0n) is 16.7. The maximum absolute atomic E-state index is 12.2. The van der Waals surface area contributed by atoms with Crippen molar-refractivity contribution in [2.75, 3.05) is 12.4 Å². The molecule has 1 aromatic carbocycles. The van der Waals surface area contributed by atoms with Gasteiger partial charge in [0.05, 0.1) is 12.0 Å². The van der Waals surface area contributed by atoms with Gasteiger partial charge in [0, 0.05) is 18.2 Å². The number of hydrogen-bond donors (Lipinski definition) is 3. The van der Waals surface area contributed by atoms with Gasteiger partial charge in [0.25, 0.3) is 0 Å². The molecule has 3 N–H and O–H groups in total. The number of anilines is 1. The molecule has 1 atom stereocenters.